The van der Waals surface area contributed by atoms with Gasteiger partial charge < -0.3 is 0 Å². The van der Waals surface area contributed by atoms with Crippen molar-refractivity contribution < 1.29 is 0 Å². The molecular formula is C27H52S. The van der Waals surface area contributed by atoms with Crippen LogP contribution in [0.15, 0.2) is 37.0 Å². The van der Waals surface area contributed by atoms with Crippen molar-refractivity contribution in [3.05, 3.63) is 37.0 Å². The first-order valence-electron chi connectivity index (χ1n) is 11.8. The second-order valence-corrected chi connectivity index (χ2v) is 8.47. The van der Waals surface area contributed by atoms with Crippen LogP contribution in [0.3, 0.4) is 0 Å². The molecule has 166 valence electrons. The predicted octanol–water partition coefficient (Wildman–Crippen LogP) is 10.0. The molecule has 1 aliphatic rings. The lowest BCUT2D eigenvalue weighted by Crippen LogP contribution is -2.28. The van der Waals surface area contributed by atoms with E-state index in [1.54, 1.807) is 0 Å². The van der Waals surface area contributed by atoms with E-state index in [1.165, 1.54) is 49.0 Å². The van der Waals surface area contributed by atoms with Gasteiger partial charge in [0, 0.05) is 0 Å². The minimum atomic E-state index is 0.607. The second kappa shape index (κ2) is 22.6. The fourth-order valence-corrected chi connectivity index (χ4v) is 3.56. The van der Waals surface area contributed by atoms with E-state index < -0.39 is 0 Å². The van der Waals surface area contributed by atoms with Crippen molar-refractivity contribution in [2.75, 3.05) is 0 Å². The lowest BCUT2D eigenvalue weighted by molar-refractivity contribution is 0.233. The maximum absolute atomic E-state index is 5.31. The van der Waals surface area contributed by atoms with Crippen LogP contribution in [-0.4, -0.2) is 4.86 Å². The summed E-state index contributed by atoms with van der Waals surface area (Å²) in [6.45, 7) is 26.9. The summed E-state index contributed by atoms with van der Waals surface area (Å²) in [5.74, 6) is 3.04. The fourth-order valence-electron chi connectivity index (χ4n) is 3.27. The van der Waals surface area contributed by atoms with Gasteiger partial charge in [0.2, 0.25) is 0 Å². The Balaban J connectivity index is -0.000000353. The van der Waals surface area contributed by atoms with E-state index in [4.69, 9.17) is 12.2 Å². The summed E-state index contributed by atoms with van der Waals surface area (Å²) in [6.07, 6.45) is 15.1. The summed E-state index contributed by atoms with van der Waals surface area (Å²) in [7, 11) is 0. The molecule has 28 heavy (non-hydrogen) atoms. The van der Waals surface area contributed by atoms with Crippen LogP contribution < -0.4 is 0 Å². The number of unbranched alkanes of at least 4 members (excludes halogenated alkanes) is 1. The van der Waals surface area contributed by atoms with E-state index in [0.717, 1.165) is 24.2 Å². The smallest absolute Gasteiger partial charge is 0.00687 e. The second-order valence-electron chi connectivity index (χ2n) is 7.83. The first-order chi connectivity index (χ1) is 13.3. The minimum Gasteiger partial charge on any atom is -0.0991 e. The van der Waals surface area contributed by atoms with Crippen molar-refractivity contribution >= 4 is 17.1 Å². The summed E-state index contributed by atoms with van der Waals surface area (Å²) in [5.41, 5.74) is 1.28. The van der Waals surface area contributed by atoms with Crippen molar-refractivity contribution in [1.82, 2.24) is 0 Å². The zero-order chi connectivity index (χ0) is 22.5. The van der Waals surface area contributed by atoms with E-state index in [-0.39, 0.29) is 0 Å². The van der Waals surface area contributed by atoms with E-state index >= 15 is 0 Å². The maximum Gasteiger partial charge on any atom is -0.00687 e. The molecule has 0 aromatic carbocycles. The van der Waals surface area contributed by atoms with Crippen molar-refractivity contribution in [1.29, 1.82) is 0 Å². The molecule has 0 heterocycles. The van der Waals surface area contributed by atoms with Gasteiger partial charge in [-0.2, -0.15) is 0 Å². The third-order valence-corrected chi connectivity index (χ3v) is 5.73. The molecule has 0 nitrogen and oxygen atoms in total. The molecule has 1 heteroatoms. The topological polar surface area (TPSA) is 0 Å². The van der Waals surface area contributed by atoms with Gasteiger partial charge in [-0.3, -0.25) is 0 Å². The summed E-state index contributed by atoms with van der Waals surface area (Å²) in [6, 6.07) is 0. The third kappa shape index (κ3) is 16.3. The van der Waals surface area contributed by atoms with Crippen LogP contribution >= 0.6 is 12.2 Å². The molecular weight excluding hydrogens is 356 g/mol. The van der Waals surface area contributed by atoms with Gasteiger partial charge in [0.25, 0.3) is 0 Å². The summed E-state index contributed by atoms with van der Waals surface area (Å²) < 4.78 is 0. The Morgan fingerprint density at radius 2 is 1.50 bits per heavy atom. The Morgan fingerprint density at radius 3 is 1.79 bits per heavy atom. The molecule has 1 rings (SSSR count). The van der Waals surface area contributed by atoms with Gasteiger partial charge in [-0.05, 0) is 60.3 Å². The SMILES string of the molecule is C=C/C=C(\C=C)C(C)CC.CC.CC(=S)C1CCCC[C@H]1C(C)C.CCCC. The number of hydrogen-bond donors (Lipinski definition) is 0. The van der Waals surface area contributed by atoms with Crippen LogP contribution in [0.4, 0.5) is 0 Å². The Morgan fingerprint density at radius 1 is 1.00 bits per heavy atom. The fraction of sp³-hybridized carbons (Fsp3) is 0.741. The average Bonchev–Trinajstić information content (AvgIpc) is 2.73. The van der Waals surface area contributed by atoms with Crippen molar-refractivity contribution in [2.24, 2.45) is 23.7 Å². The first kappa shape index (κ1) is 32.0. The van der Waals surface area contributed by atoms with Gasteiger partial charge in [0.1, 0.15) is 0 Å². The summed E-state index contributed by atoms with van der Waals surface area (Å²) >= 11 is 5.31. The molecule has 0 amide bonds. The van der Waals surface area contributed by atoms with Crippen LogP contribution in [0.25, 0.3) is 0 Å². The highest BCUT2D eigenvalue weighted by Crippen LogP contribution is 2.35. The molecule has 2 unspecified atom stereocenters. The summed E-state index contributed by atoms with van der Waals surface area (Å²) in [5, 5.41) is 0. The molecule has 0 saturated heterocycles. The van der Waals surface area contributed by atoms with Gasteiger partial charge in [0.05, 0.1) is 0 Å². The molecule has 0 aliphatic heterocycles. The van der Waals surface area contributed by atoms with Gasteiger partial charge in [-0.25, -0.2) is 0 Å². The molecule has 0 aromatic heterocycles. The number of thiocarbonyl (C=S) groups is 1. The maximum atomic E-state index is 5.31. The quantitative estimate of drug-likeness (QED) is 0.298. The number of rotatable bonds is 7. The molecule has 1 aliphatic carbocycles. The molecule has 1 fully saturated rings. The molecule has 0 spiro atoms. The molecule has 0 radical (unpaired) electrons. The number of hydrogen-bond acceptors (Lipinski definition) is 1. The van der Waals surface area contributed by atoms with Crippen LogP contribution in [-0.2, 0) is 0 Å². The van der Waals surface area contributed by atoms with Crippen LogP contribution in [0.5, 0.6) is 0 Å². The van der Waals surface area contributed by atoms with Gasteiger partial charge in [0.15, 0.2) is 0 Å². The Kier molecular flexibility index (Phi) is 25.8. The highest BCUT2D eigenvalue weighted by molar-refractivity contribution is 7.80. The lowest BCUT2D eigenvalue weighted by Gasteiger charge is -2.34. The molecule has 1 saturated carbocycles. The molecule has 0 aromatic rings. The largest absolute Gasteiger partial charge is 0.0991 e. The minimum absolute atomic E-state index is 0.607. The van der Waals surface area contributed by atoms with E-state index in [9.17, 15) is 0 Å². The Bertz CT molecular complexity index is 400. The molecule has 3 atom stereocenters. The summed E-state index contributed by atoms with van der Waals surface area (Å²) in [4.78, 5) is 1.24. The van der Waals surface area contributed by atoms with Crippen molar-refractivity contribution in [2.45, 2.75) is 107 Å². The molecule has 0 bridgehead atoms. The highest BCUT2D eigenvalue weighted by atomic mass is 32.1. The van der Waals surface area contributed by atoms with Crippen LogP contribution in [0.1, 0.15) is 107 Å². The first-order valence-corrected chi connectivity index (χ1v) is 12.2. The van der Waals surface area contributed by atoms with Gasteiger partial charge in [-0.1, -0.05) is 125 Å². The third-order valence-electron chi connectivity index (χ3n) is 5.43. The highest BCUT2D eigenvalue weighted by Gasteiger charge is 2.28. The molecule has 0 N–H and O–H groups in total. The zero-order valence-electron chi connectivity index (χ0n) is 20.8. The lowest BCUT2D eigenvalue weighted by atomic mass is 9.72. The Hall–Kier alpha value is -0.690. The standard InChI is InChI=1S/C11H20S.C10H16.C4H10.C2H6/c1-8(2)10-6-4-5-7-11(10)9(3)12;1-5-8-10(7-3)9(4)6-2;1-3-4-2;1-2/h8,10-11H,4-7H2,1-3H3;5,7-9H,1,3,6H2,2,4H3;3-4H2,1-2H3;1-2H3/b;10-8+;;/t10-,11?;;;/m0.../s1. The van der Waals surface area contributed by atoms with Crippen molar-refractivity contribution in [3.63, 3.8) is 0 Å². The van der Waals surface area contributed by atoms with Crippen LogP contribution in [0, 0.1) is 23.7 Å². The van der Waals surface area contributed by atoms with E-state index in [2.05, 4.69) is 61.6 Å². The average molecular weight is 409 g/mol. The van der Waals surface area contributed by atoms with Gasteiger partial charge in [-0.15, -0.1) is 0 Å². The normalized spacial score (nSPS) is 19.6. The Labute approximate surface area is 185 Å². The van der Waals surface area contributed by atoms with Crippen LogP contribution in [0.2, 0.25) is 0 Å². The van der Waals surface area contributed by atoms with Gasteiger partial charge >= 0.3 is 0 Å². The number of allylic oxidation sites excluding steroid dienone is 4. The van der Waals surface area contributed by atoms with E-state index in [1.807, 2.05) is 32.1 Å². The monoisotopic (exact) mass is 408 g/mol. The van der Waals surface area contributed by atoms with E-state index in [0.29, 0.717) is 5.92 Å². The zero-order valence-corrected chi connectivity index (χ0v) is 21.6. The predicted molar refractivity (Wildman–Crippen MR) is 138 cm³/mol. The van der Waals surface area contributed by atoms with Crippen molar-refractivity contribution in [3.8, 4) is 0 Å².